The fourth-order valence-electron chi connectivity index (χ4n) is 5.96. The second kappa shape index (κ2) is 16.9. The molecule has 0 bridgehead atoms. The topological polar surface area (TPSA) is 151 Å². The van der Waals surface area contributed by atoms with Gasteiger partial charge >= 0.3 is 12.0 Å². The van der Waals surface area contributed by atoms with Gasteiger partial charge in [0.15, 0.2) is 0 Å². The standard InChI is InChI=1S/C33H51N5O6S/c1-5-44-30(39)16-14-12-10-8-6-7-9-11-13-15-29-35-31(40)33(36-29)18-20-38(21-19-33)45(42,43)22-17-28-25(2)23-27(24-26(28)3)37(4)32(34)41/h17,22-24H,5-16,18-21H2,1-4H3,(H2,34,41)(H,35,36,40). The average molecular weight is 646 g/mol. The number of hydrogen-bond donors (Lipinski definition) is 2. The highest BCUT2D eigenvalue weighted by molar-refractivity contribution is 7.92. The van der Waals surface area contributed by atoms with Crippen molar-refractivity contribution in [3.63, 3.8) is 0 Å². The molecule has 2 aliphatic heterocycles. The molecule has 1 aromatic rings. The van der Waals surface area contributed by atoms with Gasteiger partial charge in [0.25, 0.3) is 5.91 Å². The number of nitrogens with zero attached hydrogens (tertiary/aromatic N) is 3. The molecule has 0 atom stereocenters. The lowest BCUT2D eigenvalue weighted by Gasteiger charge is -2.34. The summed E-state index contributed by atoms with van der Waals surface area (Å²) < 4.78 is 32.7. The van der Waals surface area contributed by atoms with Gasteiger partial charge in [-0.1, -0.05) is 44.9 Å². The number of carbonyl (C=O) groups excluding carboxylic acids is 3. The number of hydrogen-bond acceptors (Lipinski definition) is 7. The molecule has 250 valence electrons. The Morgan fingerprint density at radius 2 is 1.58 bits per heavy atom. The Kier molecular flexibility index (Phi) is 13.6. The molecule has 12 heteroatoms. The number of nitrogens with one attached hydrogen (secondary N) is 1. The zero-order valence-electron chi connectivity index (χ0n) is 27.4. The number of sulfonamides is 1. The average Bonchev–Trinajstić information content (AvgIpc) is 3.28. The molecule has 1 aromatic carbocycles. The third-order valence-corrected chi connectivity index (χ3v) is 10.3. The third kappa shape index (κ3) is 10.4. The Labute approximate surface area is 268 Å². The van der Waals surface area contributed by atoms with E-state index in [1.54, 1.807) is 25.3 Å². The predicted molar refractivity (Wildman–Crippen MR) is 178 cm³/mol. The summed E-state index contributed by atoms with van der Waals surface area (Å²) in [5.74, 6) is 0.491. The number of carbonyl (C=O) groups is 3. The molecule has 3 N–H and O–H groups in total. The lowest BCUT2D eigenvalue weighted by atomic mass is 9.89. The molecule has 2 aliphatic rings. The van der Waals surface area contributed by atoms with Crippen LogP contribution in [0.1, 0.15) is 107 Å². The van der Waals surface area contributed by atoms with Crippen molar-refractivity contribution in [2.45, 2.75) is 110 Å². The first-order valence-electron chi connectivity index (χ1n) is 16.3. The van der Waals surface area contributed by atoms with E-state index in [-0.39, 0.29) is 25.0 Å². The molecule has 0 saturated carbocycles. The highest BCUT2D eigenvalue weighted by Crippen LogP contribution is 2.32. The van der Waals surface area contributed by atoms with E-state index in [0.717, 1.165) is 61.6 Å². The van der Waals surface area contributed by atoms with Crippen LogP contribution in [0.4, 0.5) is 10.5 Å². The summed E-state index contributed by atoms with van der Waals surface area (Å²) in [6, 6.07) is 3.02. The van der Waals surface area contributed by atoms with E-state index in [9.17, 15) is 22.8 Å². The van der Waals surface area contributed by atoms with Crippen molar-refractivity contribution in [3.05, 3.63) is 34.2 Å². The molecular formula is C33H51N5O6S. The number of rotatable bonds is 17. The SMILES string of the molecule is CCOC(=O)CCCCCCCCCCCC1=NC2(CCN(S(=O)(=O)C=Cc3c(C)cc(N(C)C(N)=O)cc3C)CC2)C(=O)N1. The molecule has 45 heavy (non-hydrogen) atoms. The normalized spacial score (nSPS) is 16.6. The number of aliphatic imine (C=N–C) groups is 1. The minimum absolute atomic E-state index is 0.101. The number of esters is 1. The number of benzene rings is 1. The predicted octanol–water partition coefficient (Wildman–Crippen LogP) is 5.34. The number of urea groups is 1. The van der Waals surface area contributed by atoms with Crippen LogP contribution in [0.15, 0.2) is 22.5 Å². The van der Waals surface area contributed by atoms with Gasteiger partial charge in [0.2, 0.25) is 10.0 Å². The largest absolute Gasteiger partial charge is 0.466 e. The van der Waals surface area contributed by atoms with Crippen molar-refractivity contribution in [1.29, 1.82) is 0 Å². The monoisotopic (exact) mass is 645 g/mol. The molecule has 11 nitrogen and oxygen atoms in total. The van der Waals surface area contributed by atoms with Gasteiger partial charge in [-0.3, -0.25) is 19.5 Å². The van der Waals surface area contributed by atoms with Crippen LogP contribution in [0.3, 0.4) is 0 Å². The van der Waals surface area contributed by atoms with E-state index in [1.165, 1.54) is 33.9 Å². The van der Waals surface area contributed by atoms with Crippen molar-refractivity contribution in [2.75, 3.05) is 31.6 Å². The molecule has 0 radical (unpaired) electrons. The van der Waals surface area contributed by atoms with Crippen LogP contribution in [0.25, 0.3) is 6.08 Å². The summed E-state index contributed by atoms with van der Waals surface area (Å²) in [5, 5.41) is 4.17. The molecule has 0 aromatic heterocycles. The molecule has 0 aliphatic carbocycles. The molecule has 0 unspecified atom stereocenters. The van der Waals surface area contributed by atoms with Crippen LogP contribution >= 0.6 is 0 Å². The van der Waals surface area contributed by atoms with Gasteiger partial charge in [0, 0.05) is 44.1 Å². The Bertz CT molecular complexity index is 1340. The highest BCUT2D eigenvalue weighted by atomic mass is 32.2. The summed E-state index contributed by atoms with van der Waals surface area (Å²) in [7, 11) is -2.12. The zero-order valence-corrected chi connectivity index (χ0v) is 28.2. The van der Waals surface area contributed by atoms with Crippen LogP contribution in [0, 0.1) is 13.8 Å². The number of anilines is 1. The lowest BCUT2D eigenvalue weighted by Crippen LogP contribution is -2.50. The van der Waals surface area contributed by atoms with Gasteiger partial charge in [-0.05, 0) is 81.4 Å². The summed E-state index contributed by atoms with van der Waals surface area (Å²) >= 11 is 0. The van der Waals surface area contributed by atoms with Crippen LogP contribution in [-0.4, -0.2) is 68.7 Å². The Balaban J connectivity index is 1.40. The van der Waals surface area contributed by atoms with E-state index in [1.807, 2.05) is 20.8 Å². The molecule has 3 rings (SSSR count). The van der Waals surface area contributed by atoms with Crippen molar-refractivity contribution in [2.24, 2.45) is 10.7 Å². The maximum atomic E-state index is 13.2. The van der Waals surface area contributed by atoms with Gasteiger partial charge in [-0.25, -0.2) is 13.2 Å². The number of unbranched alkanes of at least 4 members (excludes halogenated alkanes) is 8. The minimum atomic E-state index is -3.70. The summed E-state index contributed by atoms with van der Waals surface area (Å²) in [6.07, 6.45) is 13.3. The van der Waals surface area contributed by atoms with Crippen molar-refractivity contribution in [1.82, 2.24) is 9.62 Å². The highest BCUT2D eigenvalue weighted by Gasteiger charge is 2.46. The third-order valence-electron chi connectivity index (χ3n) is 8.74. The number of amides is 3. The fourth-order valence-corrected chi connectivity index (χ4v) is 7.13. The quantitative estimate of drug-likeness (QED) is 0.173. The van der Waals surface area contributed by atoms with Gasteiger partial charge in [0.05, 0.1) is 6.61 Å². The van der Waals surface area contributed by atoms with Crippen molar-refractivity contribution >= 4 is 45.5 Å². The second-order valence-electron chi connectivity index (χ2n) is 12.2. The zero-order chi connectivity index (χ0) is 33.0. The van der Waals surface area contributed by atoms with Gasteiger partial charge in [0.1, 0.15) is 11.4 Å². The first-order chi connectivity index (χ1) is 21.4. The minimum Gasteiger partial charge on any atom is -0.466 e. The van der Waals surface area contributed by atoms with Gasteiger partial charge in [-0.2, -0.15) is 4.31 Å². The van der Waals surface area contributed by atoms with E-state index in [2.05, 4.69) is 5.32 Å². The number of aryl methyl sites for hydroxylation is 2. The molecular weight excluding hydrogens is 594 g/mol. The lowest BCUT2D eigenvalue weighted by molar-refractivity contribution is -0.143. The summed E-state index contributed by atoms with van der Waals surface area (Å²) in [4.78, 5) is 41.9. The first-order valence-corrected chi connectivity index (χ1v) is 17.8. The van der Waals surface area contributed by atoms with Crippen LogP contribution in [0.2, 0.25) is 0 Å². The Morgan fingerprint density at radius 1 is 1.02 bits per heavy atom. The number of amidine groups is 1. The molecule has 2 heterocycles. The van der Waals surface area contributed by atoms with Crippen molar-refractivity contribution < 1.29 is 27.5 Å². The summed E-state index contributed by atoms with van der Waals surface area (Å²) in [6.45, 7) is 6.43. The van der Waals surface area contributed by atoms with E-state index >= 15 is 0 Å². The number of nitrogens with two attached hydrogens (primary N) is 1. The Morgan fingerprint density at radius 3 is 2.13 bits per heavy atom. The van der Waals surface area contributed by atoms with Crippen LogP contribution in [0.5, 0.6) is 0 Å². The molecule has 3 amide bonds. The van der Waals surface area contributed by atoms with Crippen LogP contribution < -0.4 is 16.0 Å². The Hall–Kier alpha value is -3.25. The molecule has 1 saturated heterocycles. The first kappa shape index (κ1) is 36.2. The maximum Gasteiger partial charge on any atom is 0.318 e. The van der Waals surface area contributed by atoms with Gasteiger partial charge < -0.3 is 15.8 Å². The van der Waals surface area contributed by atoms with Crippen LogP contribution in [-0.2, 0) is 24.3 Å². The van der Waals surface area contributed by atoms with E-state index in [0.29, 0.717) is 37.4 Å². The fraction of sp³-hybridized carbons (Fsp3) is 0.636. The number of piperidine rings is 1. The summed E-state index contributed by atoms with van der Waals surface area (Å²) in [5.41, 5.74) is 7.55. The van der Waals surface area contributed by atoms with Crippen molar-refractivity contribution in [3.8, 4) is 0 Å². The number of ether oxygens (including phenoxy) is 1. The smallest absolute Gasteiger partial charge is 0.318 e. The molecule has 1 spiro atoms. The maximum absolute atomic E-state index is 13.2. The van der Waals surface area contributed by atoms with Gasteiger partial charge in [-0.15, -0.1) is 0 Å². The second-order valence-corrected chi connectivity index (χ2v) is 14.0. The van der Waals surface area contributed by atoms with E-state index in [4.69, 9.17) is 15.5 Å². The van der Waals surface area contributed by atoms with E-state index < -0.39 is 21.6 Å². The number of primary amides is 1. The molecule has 1 fully saturated rings.